The first-order chi connectivity index (χ1) is 8.32. The van der Waals surface area contributed by atoms with E-state index in [0.29, 0.717) is 11.3 Å². The molecule has 1 aromatic heterocycles. The van der Waals surface area contributed by atoms with Gasteiger partial charge < -0.3 is 15.5 Å². The van der Waals surface area contributed by atoms with Gasteiger partial charge in [0.05, 0.1) is 6.42 Å². The second kappa shape index (κ2) is 5.52. The fourth-order valence-corrected chi connectivity index (χ4v) is 1.58. The van der Waals surface area contributed by atoms with E-state index in [1.807, 2.05) is 0 Å². The van der Waals surface area contributed by atoms with Crippen LogP contribution in [0, 0.1) is 12.8 Å². The van der Waals surface area contributed by atoms with Crippen molar-refractivity contribution in [3.63, 3.8) is 0 Å². The average Bonchev–Trinajstić information content (AvgIpc) is 2.56. The van der Waals surface area contributed by atoms with Crippen LogP contribution in [-0.4, -0.2) is 33.2 Å². The van der Waals surface area contributed by atoms with Gasteiger partial charge in [0.2, 0.25) is 5.91 Å². The molecule has 0 aliphatic heterocycles. The zero-order valence-corrected chi connectivity index (χ0v) is 10.5. The summed E-state index contributed by atoms with van der Waals surface area (Å²) in [5, 5.41) is 16.3. The van der Waals surface area contributed by atoms with Crippen LogP contribution in [0.1, 0.15) is 25.1 Å². The summed E-state index contributed by atoms with van der Waals surface area (Å²) in [6, 6.07) is -0.948. The number of rotatable bonds is 5. The molecule has 0 fully saturated rings. The average molecular weight is 255 g/mol. The van der Waals surface area contributed by atoms with Crippen molar-refractivity contribution >= 4 is 11.9 Å². The Kier molecular flexibility index (Phi) is 4.30. The molecule has 0 saturated heterocycles. The summed E-state index contributed by atoms with van der Waals surface area (Å²) in [7, 11) is 0. The number of aliphatic carboxylic acids is 1. The van der Waals surface area contributed by atoms with Crippen molar-refractivity contribution in [1.29, 1.82) is 0 Å². The quantitative estimate of drug-likeness (QED) is 0.582. The Morgan fingerprint density at radius 1 is 1.33 bits per heavy atom. The van der Waals surface area contributed by atoms with Gasteiger partial charge in [0.1, 0.15) is 6.04 Å². The molecule has 0 aliphatic carbocycles. The Morgan fingerprint density at radius 3 is 2.33 bits per heavy atom. The second-order valence-corrected chi connectivity index (χ2v) is 4.49. The largest absolute Gasteiger partial charge is 0.480 e. The van der Waals surface area contributed by atoms with Crippen LogP contribution in [0.15, 0.2) is 4.79 Å². The Labute approximate surface area is 104 Å². The molecule has 0 saturated carbocycles. The molecule has 0 spiro atoms. The number of H-pyrrole nitrogens is 2. The molecule has 100 valence electrons. The van der Waals surface area contributed by atoms with Crippen molar-refractivity contribution in [2.75, 3.05) is 0 Å². The SMILES string of the molecule is Cc1[nH][nH]c(=O)c1CC(=O)N[C@H](C(=O)O)C(C)C. The van der Waals surface area contributed by atoms with Crippen LogP contribution in [0.3, 0.4) is 0 Å². The number of hydrogen-bond acceptors (Lipinski definition) is 3. The van der Waals surface area contributed by atoms with Gasteiger partial charge in [-0.1, -0.05) is 13.8 Å². The number of amides is 1. The van der Waals surface area contributed by atoms with Gasteiger partial charge >= 0.3 is 5.97 Å². The van der Waals surface area contributed by atoms with Crippen molar-refractivity contribution < 1.29 is 14.7 Å². The van der Waals surface area contributed by atoms with Crippen LogP contribution in [0.25, 0.3) is 0 Å². The van der Waals surface area contributed by atoms with Gasteiger partial charge in [0.15, 0.2) is 0 Å². The molecule has 1 heterocycles. The Morgan fingerprint density at radius 2 is 1.94 bits per heavy atom. The maximum Gasteiger partial charge on any atom is 0.326 e. The standard InChI is InChI=1S/C11H17N3O4/c1-5(2)9(11(17)18)12-8(15)4-7-6(3)13-14-10(7)16/h5,9H,4H2,1-3H3,(H,12,15)(H,17,18)(H2,13,14,16)/t9-/m0/s1. The van der Waals surface area contributed by atoms with E-state index in [1.54, 1.807) is 20.8 Å². The fourth-order valence-electron chi connectivity index (χ4n) is 1.58. The molecule has 7 heteroatoms. The minimum atomic E-state index is -1.09. The van der Waals surface area contributed by atoms with Gasteiger partial charge in [-0.3, -0.25) is 14.7 Å². The summed E-state index contributed by atoms with van der Waals surface area (Å²) in [6.45, 7) is 5.07. The maximum absolute atomic E-state index is 11.7. The molecule has 18 heavy (non-hydrogen) atoms. The molecule has 1 rings (SSSR count). The highest BCUT2D eigenvalue weighted by Gasteiger charge is 2.24. The third-order valence-corrected chi connectivity index (χ3v) is 2.68. The van der Waals surface area contributed by atoms with Gasteiger partial charge in [-0.25, -0.2) is 4.79 Å². The summed E-state index contributed by atoms with van der Waals surface area (Å²) >= 11 is 0. The Hall–Kier alpha value is -2.05. The van der Waals surface area contributed by atoms with Gasteiger partial charge in [-0.05, 0) is 12.8 Å². The summed E-state index contributed by atoms with van der Waals surface area (Å²) in [4.78, 5) is 34.0. The molecular formula is C11H17N3O4. The van der Waals surface area contributed by atoms with Crippen LogP contribution >= 0.6 is 0 Å². The van der Waals surface area contributed by atoms with Crippen LogP contribution < -0.4 is 10.9 Å². The monoisotopic (exact) mass is 255 g/mol. The molecule has 4 N–H and O–H groups in total. The van der Waals surface area contributed by atoms with Crippen molar-refractivity contribution in [2.45, 2.75) is 33.2 Å². The molecule has 7 nitrogen and oxygen atoms in total. The molecular weight excluding hydrogens is 238 g/mol. The molecule has 0 aliphatic rings. The molecule has 1 atom stereocenters. The van der Waals surface area contributed by atoms with E-state index in [2.05, 4.69) is 15.5 Å². The van der Waals surface area contributed by atoms with E-state index in [0.717, 1.165) is 0 Å². The first-order valence-electron chi connectivity index (χ1n) is 5.61. The van der Waals surface area contributed by atoms with E-state index in [4.69, 9.17) is 5.11 Å². The highest BCUT2D eigenvalue weighted by atomic mass is 16.4. The predicted octanol–water partition coefficient (Wildman–Crippen LogP) is -0.221. The highest BCUT2D eigenvalue weighted by molar-refractivity contribution is 5.85. The molecule has 0 radical (unpaired) electrons. The number of nitrogens with one attached hydrogen (secondary N) is 3. The van der Waals surface area contributed by atoms with E-state index in [1.165, 1.54) is 0 Å². The lowest BCUT2D eigenvalue weighted by Crippen LogP contribution is -2.45. The van der Waals surface area contributed by atoms with Gasteiger partial charge in [-0.2, -0.15) is 0 Å². The molecule has 0 bridgehead atoms. The van der Waals surface area contributed by atoms with Crippen molar-refractivity contribution in [1.82, 2.24) is 15.5 Å². The summed E-state index contributed by atoms with van der Waals surface area (Å²) in [5.74, 6) is -1.79. The van der Waals surface area contributed by atoms with Crippen LogP contribution in [0.5, 0.6) is 0 Å². The maximum atomic E-state index is 11.7. The first kappa shape index (κ1) is 14.0. The smallest absolute Gasteiger partial charge is 0.326 e. The van der Waals surface area contributed by atoms with E-state index in [9.17, 15) is 14.4 Å². The lowest BCUT2D eigenvalue weighted by molar-refractivity contribution is -0.143. The van der Waals surface area contributed by atoms with Crippen molar-refractivity contribution in [3.8, 4) is 0 Å². The number of aromatic amines is 2. The number of carbonyl (C=O) groups excluding carboxylic acids is 1. The number of hydrogen-bond donors (Lipinski definition) is 4. The number of carbonyl (C=O) groups is 2. The van der Waals surface area contributed by atoms with E-state index in [-0.39, 0.29) is 17.9 Å². The van der Waals surface area contributed by atoms with Gasteiger partial charge in [-0.15, -0.1) is 0 Å². The van der Waals surface area contributed by atoms with Crippen LogP contribution in [0.2, 0.25) is 0 Å². The lowest BCUT2D eigenvalue weighted by Gasteiger charge is -2.17. The van der Waals surface area contributed by atoms with E-state index >= 15 is 0 Å². The summed E-state index contributed by atoms with van der Waals surface area (Å²) < 4.78 is 0. The molecule has 0 aromatic carbocycles. The minimum absolute atomic E-state index is 0.138. The Balaban J connectivity index is 2.73. The number of carboxylic acids is 1. The Bertz CT molecular complexity index is 501. The zero-order chi connectivity index (χ0) is 13.9. The molecule has 0 unspecified atom stereocenters. The van der Waals surface area contributed by atoms with Crippen molar-refractivity contribution in [3.05, 3.63) is 21.6 Å². The topological polar surface area (TPSA) is 115 Å². The predicted molar refractivity (Wildman–Crippen MR) is 64.3 cm³/mol. The lowest BCUT2D eigenvalue weighted by atomic mass is 10.0. The third kappa shape index (κ3) is 3.22. The molecule has 1 amide bonds. The van der Waals surface area contributed by atoms with Crippen molar-refractivity contribution in [2.24, 2.45) is 5.92 Å². The number of aryl methyl sites for hydroxylation is 1. The second-order valence-electron chi connectivity index (χ2n) is 4.49. The number of aromatic nitrogens is 2. The normalized spacial score (nSPS) is 12.4. The summed E-state index contributed by atoms with van der Waals surface area (Å²) in [5.41, 5.74) is 0.533. The summed E-state index contributed by atoms with van der Waals surface area (Å²) in [6.07, 6.45) is -0.138. The molecule has 1 aromatic rings. The van der Waals surface area contributed by atoms with Crippen LogP contribution in [-0.2, 0) is 16.0 Å². The van der Waals surface area contributed by atoms with Gasteiger partial charge in [0.25, 0.3) is 5.56 Å². The third-order valence-electron chi connectivity index (χ3n) is 2.68. The zero-order valence-electron chi connectivity index (χ0n) is 10.5. The fraction of sp³-hybridized carbons (Fsp3) is 0.545. The van der Waals surface area contributed by atoms with E-state index < -0.39 is 17.9 Å². The van der Waals surface area contributed by atoms with Gasteiger partial charge in [0, 0.05) is 11.3 Å². The highest BCUT2D eigenvalue weighted by Crippen LogP contribution is 2.03. The minimum Gasteiger partial charge on any atom is -0.480 e. The van der Waals surface area contributed by atoms with Crippen LogP contribution in [0.4, 0.5) is 0 Å². The number of carboxylic acid groups (broad SMARTS) is 1. The first-order valence-corrected chi connectivity index (χ1v) is 5.61.